The predicted molar refractivity (Wildman–Crippen MR) is 118 cm³/mol. The first-order valence-corrected chi connectivity index (χ1v) is 9.78. The van der Waals surface area contributed by atoms with Crippen LogP contribution in [0.3, 0.4) is 0 Å². The fourth-order valence-electron chi connectivity index (χ4n) is 2.99. The van der Waals surface area contributed by atoms with E-state index in [9.17, 15) is 4.79 Å². The number of ether oxygens (including phenoxy) is 2. The largest absolute Gasteiger partial charge is 0.497 e. The monoisotopic (exact) mass is 411 g/mol. The van der Waals surface area contributed by atoms with E-state index in [4.69, 9.17) is 9.47 Å². The van der Waals surface area contributed by atoms with Crippen molar-refractivity contribution in [3.63, 3.8) is 0 Å². The number of benzene rings is 3. The highest BCUT2D eigenvalue weighted by Gasteiger charge is 2.08. The number of rotatable bonds is 7. The third kappa shape index (κ3) is 5.25. The fourth-order valence-corrected chi connectivity index (χ4v) is 2.99. The molecule has 0 aliphatic rings. The van der Waals surface area contributed by atoms with Crippen molar-refractivity contribution in [3.05, 3.63) is 102 Å². The summed E-state index contributed by atoms with van der Waals surface area (Å²) in [5, 5.41) is 2.93. The van der Waals surface area contributed by atoms with Crippen LogP contribution in [0.25, 0.3) is 11.3 Å². The Morgan fingerprint density at radius 3 is 2.29 bits per heavy atom. The van der Waals surface area contributed by atoms with Gasteiger partial charge >= 0.3 is 0 Å². The second kappa shape index (κ2) is 9.54. The van der Waals surface area contributed by atoms with Crippen molar-refractivity contribution < 1.29 is 14.3 Å². The van der Waals surface area contributed by atoms with Crippen molar-refractivity contribution in [2.45, 2.75) is 6.54 Å². The first-order valence-electron chi connectivity index (χ1n) is 9.78. The molecule has 31 heavy (non-hydrogen) atoms. The molecule has 6 heteroatoms. The quantitative estimate of drug-likeness (QED) is 0.469. The first kappa shape index (κ1) is 20.1. The second-order valence-corrected chi connectivity index (χ2v) is 6.76. The van der Waals surface area contributed by atoms with E-state index in [1.54, 1.807) is 25.3 Å². The van der Waals surface area contributed by atoms with E-state index in [1.807, 2.05) is 66.7 Å². The minimum atomic E-state index is -0.124. The van der Waals surface area contributed by atoms with Crippen molar-refractivity contribution >= 4 is 5.91 Å². The highest BCUT2D eigenvalue weighted by Crippen LogP contribution is 2.25. The molecule has 0 spiro atoms. The van der Waals surface area contributed by atoms with Crippen molar-refractivity contribution in [2.24, 2.45) is 0 Å². The summed E-state index contributed by atoms with van der Waals surface area (Å²) in [4.78, 5) is 20.9. The summed E-state index contributed by atoms with van der Waals surface area (Å²) >= 11 is 0. The number of aromatic nitrogens is 2. The van der Waals surface area contributed by atoms with Crippen molar-refractivity contribution in [1.29, 1.82) is 0 Å². The van der Waals surface area contributed by atoms with E-state index in [2.05, 4.69) is 15.3 Å². The van der Waals surface area contributed by atoms with Gasteiger partial charge in [0.15, 0.2) is 0 Å². The maximum atomic E-state index is 12.4. The van der Waals surface area contributed by atoms with Gasteiger partial charge in [-0.15, -0.1) is 0 Å². The molecule has 0 unspecified atom stereocenters. The van der Waals surface area contributed by atoms with Crippen LogP contribution in [0.15, 0.2) is 91.3 Å². The highest BCUT2D eigenvalue weighted by atomic mass is 16.5. The van der Waals surface area contributed by atoms with Crippen LogP contribution in [0.5, 0.6) is 17.4 Å². The third-order valence-electron chi connectivity index (χ3n) is 4.66. The Balaban J connectivity index is 1.42. The molecule has 0 saturated carbocycles. The van der Waals surface area contributed by atoms with Gasteiger partial charge in [0.2, 0.25) is 5.88 Å². The van der Waals surface area contributed by atoms with Gasteiger partial charge in [0.25, 0.3) is 5.91 Å². The lowest BCUT2D eigenvalue weighted by Gasteiger charge is -2.08. The Labute approximate surface area is 180 Å². The van der Waals surface area contributed by atoms with Gasteiger partial charge in [-0.25, -0.2) is 9.97 Å². The standard InChI is InChI=1S/C25H21N3O3/c1-30-21-11-13-22(14-12-21)31-24-15-23(27-17-28-24)19-7-9-20(10-8-19)25(29)26-16-18-5-3-2-4-6-18/h2-15,17H,16H2,1H3,(H,26,29). The van der Waals surface area contributed by atoms with Crippen molar-refractivity contribution in [1.82, 2.24) is 15.3 Å². The number of amides is 1. The van der Waals surface area contributed by atoms with Crippen molar-refractivity contribution in [3.8, 4) is 28.6 Å². The van der Waals surface area contributed by atoms with Gasteiger partial charge in [0, 0.05) is 23.7 Å². The number of carbonyl (C=O) groups is 1. The molecule has 1 heterocycles. The van der Waals surface area contributed by atoms with Crippen LogP contribution in [-0.4, -0.2) is 23.0 Å². The molecular weight excluding hydrogens is 390 g/mol. The number of hydrogen-bond donors (Lipinski definition) is 1. The molecular formula is C25H21N3O3. The maximum absolute atomic E-state index is 12.4. The average molecular weight is 411 g/mol. The molecule has 1 amide bonds. The van der Waals surface area contributed by atoms with Crippen LogP contribution in [-0.2, 0) is 6.54 Å². The van der Waals surface area contributed by atoms with Crippen LogP contribution in [0.4, 0.5) is 0 Å². The second-order valence-electron chi connectivity index (χ2n) is 6.76. The number of carbonyl (C=O) groups excluding carboxylic acids is 1. The zero-order valence-corrected chi connectivity index (χ0v) is 17.0. The molecule has 3 aromatic carbocycles. The Morgan fingerprint density at radius 2 is 1.58 bits per heavy atom. The van der Waals surface area contributed by atoms with E-state index >= 15 is 0 Å². The minimum absolute atomic E-state index is 0.124. The van der Waals surface area contributed by atoms with E-state index in [0.717, 1.165) is 16.9 Å². The minimum Gasteiger partial charge on any atom is -0.497 e. The molecule has 4 aromatic rings. The predicted octanol–water partition coefficient (Wildman–Crippen LogP) is 4.87. The van der Waals surface area contributed by atoms with Crippen molar-refractivity contribution in [2.75, 3.05) is 7.11 Å². The molecule has 6 nitrogen and oxygen atoms in total. The summed E-state index contributed by atoms with van der Waals surface area (Å²) in [5.74, 6) is 1.71. The first-order chi connectivity index (χ1) is 15.2. The summed E-state index contributed by atoms with van der Waals surface area (Å²) < 4.78 is 11.0. The zero-order chi connectivity index (χ0) is 21.5. The smallest absolute Gasteiger partial charge is 0.251 e. The number of methoxy groups -OCH3 is 1. The molecule has 0 bridgehead atoms. The molecule has 0 aliphatic heterocycles. The molecule has 0 atom stereocenters. The molecule has 1 N–H and O–H groups in total. The van der Waals surface area contributed by atoms with Gasteiger partial charge in [0.1, 0.15) is 17.8 Å². The van der Waals surface area contributed by atoms with E-state index in [-0.39, 0.29) is 5.91 Å². The normalized spacial score (nSPS) is 10.4. The Kier molecular flexibility index (Phi) is 6.18. The van der Waals surface area contributed by atoms with Crippen LogP contribution in [0.1, 0.15) is 15.9 Å². The summed E-state index contributed by atoms with van der Waals surface area (Å²) in [6, 6.07) is 26.1. The highest BCUT2D eigenvalue weighted by molar-refractivity contribution is 5.94. The SMILES string of the molecule is COc1ccc(Oc2cc(-c3ccc(C(=O)NCc4ccccc4)cc3)ncn2)cc1. The van der Waals surface area contributed by atoms with Crippen LogP contribution >= 0.6 is 0 Å². The van der Waals surface area contributed by atoms with Crippen LogP contribution in [0, 0.1) is 0 Å². The van der Waals surface area contributed by atoms with E-state index < -0.39 is 0 Å². The fraction of sp³-hybridized carbons (Fsp3) is 0.0800. The van der Waals surface area contributed by atoms with Crippen LogP contribution < -0.4 is 14.8 Å². The number of hydrogen-bond acceptors (Lipinski definition) is 5. The lowest BCUT2D eigenvalue weighted by Crippen LogP contribution is -2.22. The average Bonchev–Trinajstić information content (AvgIpc) is 2.84. The summed E-state index contributed by atoms with van der Waals surface area (Å²) in [6.07, 6.45) is 1.45. The summed E-state index contributed by atoms with van der Waals surface area (Å²) in [5.41, 5.74) is 3.21. The van der Waals surface area contributed by atoms with Gasteiger partial charge in [-0.2, -0.15) is 0 Å². The topological polar surface area (TPSA) is 73.3 Å². The molecule has 154 valence electrons. The molecule has 1 aromatic heterocycles. The van der Waals surface area contributed by atoms with Gasteiger partial charge in [-0.3, -0.25) is 4.79 Å². The maximum Gasteiger partial charge on any atom is 0.251 e. The molecule has 0 fully saturated rings. The molecule has 0 saturated heterocycles. The van der Waals surface area contributed by atoms with Gasteiger partial charge in [-0.1, -0.05) is 42.5 Å². The van der Waals surface area contributed by atoms with Crippen LogP contribution in [0.2, 0.25) is 0 Å². The lowest BCUT2D eigenvalue weighted by atomic mass is 10.1. The van der Waals surface area contributed by atoms with Gasteiger partial charge in [0.05, 0.1) is 12.8 Å². The Morgan fingerprint density at radius 1 is 0.871 bits per heavy atom. The van der Waals surface area contributed by atoms with Gasteiger partial charge < -0.3 is 14.8 Å². The molecule has 0 aliphatic carbocycles. The van der Waals surface area contributed by atoms with E-state index in [1.165, 1.54) is 6.33 Å². The Bertz CT molecular complexity index is 1140. The van der Waals surface area contributed by atoms with E-state index in [0.29, 0.717) is 29.4 Å². The number of nitrogens with zero attached hydrogens (tertiary/aromatic N) is 2. The lowest BCUT2D eigenvalue weighted by molar-refractivity contribution is 0.0951. The summed E-state index contributed by atoms with van der Waals surface area (Å²) in [7, 11) is 1.62. The molecule has 0 radical (unpaired) electrons. The molecule has 4 rings (SSSR count). The third-order valence-corrected chi connectivity index (χ3v) is 4.66. The van der Waals surface area contributed by atoms with Gasteiger partial charge in [-0.05, 0) is 42.0 Å². The summed E-state index contributed by atoms with van der Waals surface area (Å²) in [6.45, 7) is 0.486. The Hall–Kier alpha value is -4.19. The number of nitrogens with one attached hydrogen (secondary N) is 1. The zero-order valence-electron chi connectivity index (χ0n) is 17.0.